The molecule has 0 aliphatic heterocycles. The van der Waals surface area contributed by atoms with Gasteiger partial charge in [-0.05, 0) is 24.3 Å². The maximum absolute atomic E-state index is 13.4. The number of halogens is 5. The van der Waals surface area contributed by atoms with Crippen molar-refractivity contribution in [2.45, 2.75) is 0 Å². The van der Waals surface area contributed by atoms with Crippen LogP contribution in [0.1, 0.15) is 15.9 Å². The molecule has 98 valence electrons. The lowest BCUT2D eigenvalue weighted by Gasteiger charge is -2.04. The van der Waals surface area contributed by atoms with E-state index < -0.39 is 46.0 Å². The van der Waals surface area contributed by atoms with E-state index in [0.29, 0.717) is 12.1 Å². The Hall–Kier alpha value is -2.24. The second-order valence-electron chi connectivity index (χ2n) is 3.68. The van der Waals surface area contributed by atoms with Gasteiger partial charge in [-0.25, -0.2) is 22.0 Å². The van der Waals surface area contributed by atoms with Crippen LogP contribution in [-0.4, -0.2) is 5.78 Å². The lowest BCUT2D eigenvalue weighted by Crippen LogP contribution is -2.07. The van der Waals surface area contributed by atoms with Crippen LogP contribution in [0, 0.1) is 29.1 Å². The number of benzene rings is 2. The highest BCUT2D eigenvalue weighted by Crippen LogP contribution is 2.19. The smallest absolute Gasteiger partial charge is 0.196 e. The largest absolute Gasteiger partial charge is 0.288 e. The van der Waals surface area contributed by atoms with Gasteiger partial charge in [-0.2, -0.15) is 0 Å². The molecule has 0 saturated heterocycles. The molecule has 0 spiro atoms. The first-order chi connectivity index (χ1) is 8.91. The van der Waals surface area contributed by atoms with Crippen LogP contribution in [0.5, 0.6) is 0 Å². The van der Waals surface area contributed by atoms with Gasteiger partial charge in [0.1, 0.15) is 0 Å². The van der Waals surface area contributed by atoms with Crippen molar-refractivity contribution in [3.8, 4) is 0 Å². The van der Waals surface area contributed by atoms with Gasteiger partial charge in [0.15, 0.2) is 34.9 Å². The zero-order valence-electron chi connectivity index (χ0n) is 9.18. The minimum Gasteiger partial charge on any atom is -0.288 e. The van der Waals surface area contributed by atoms with Crippen LogP contribution in [0.25, 0.3) is 0 Å². The molecule has 2 rings (SSSR count). The van der Waals surface area contributed by atoms with E-state index in [-0.39, 0.29) is 0 Å². The van der Waals surface area contributed by atoms with Gasteiger partial charge in [-0.3, -0.25) is 4.79 Å². The van der Waals surface area contributed by atoms with Crippen molar-refractivity contribution < 1.29 is 26.7 Å². The van der Waals surface area contributed by atoms with Gasteiger partial charge in [0.2, 0.25) is 0 Å². The van der Waals surface area contributed by atoms with E-state index in [4.69, 9.17) is 0 Å². The molecule has 0 saturated carbocycles. The van der Waals surface area contributed by atoms with E-state index in [2.05, 4.69) is 0 Å². The molecule has 0 aliphatic rings. The number of hydrogen-bond donors (Lipinski definition) is 0. The average molecular weight is 272 g/mol. The predicted octanol–water partition coefficient (Wildman–Crippen LogP) is 3.61. The predicted molar refractivity (Wildman–Crippen MR) is 56.1 cm³/mol. The average Bonchev–Trinajstić information content (AvgIpc) is 2.38. The third-order valence-corrected chi connectivity index (χ3v) is 2.44. The van der Waals surface area contributed by atoms with E-state index in [1.165, 1.54) is 0 Å². The van der Waals surface area contributed by atoms with Crippen LogP contribution in [0.2, 0.25) is 0 Å². The second-order valence-corrected chi connectivity index (χ2v) is 3.68. The number of carbonyl (C=O) groups excluding carboxylic acids is 1. The summed E-state index contributed by atoms with van der Waals surface area (Å²) in [5.74, 6) is -8.75. The SMILES string of the molecule is O=C(c1cc(F)c(F)c(F)c1)c1cccc(F)c1F. The fourth-order valence-corrected chi connectivity index (χ4v) is 1.52. The molecule has 6 heteroatoms. The van der Waals surface area contributed by atoms with Crippen molar-refractivity contribution in [1.29, 1.82) is 0 Å². The Labute approximate surface area is 104 Å². The molecule has 2 aromatic carbocycles. The maximum atomic E-state index is 13.4. The highest BCUT2D eigenvalue weighted by molar-refractivity contribution is 6.09. The van der Waals surface area contributed by atoms with Gasteiger partial charge >= 0.3 is 0 Å². The molecule has 0 fully saturated rings. The van der Waals surface area contributed by atoms with Gasteiger partial charge in [-0.1, -0.05) is 6.07 Å². The van der Waals surface area contributed by atoms with Crippen LogP contribution in [0.4, 0.5) is 22.0 Å². The molecule has 0 atom stereocenters. The second kappa shape index (κ2) is 4.79. The third-order valence-electron chi connectivity index (χ3n) is 2.44. The summed E-state index contributed by atoms with van der Waals surface area (Å²) in [6.07, 6.45) is 0. The molecule has 0 aromatic heterocycles. The summed E-state index contributed by atoms with van der Waals surface area (Å²) in [7, 11) is 0. The standard InChI is InChI=1S/C13H5F5O/c14-8-3-1-2-7(11(8)17)13(19)6-4-9(15)12(18)10(16)5-6/h1-5H. The maximum Gasteiger partial charge on any atom is 0.196 e. The number of carbonyl (C=O) groups is 1. The van der Waals surface area contributed by atoms with E-state index in [1.54, 1.807) is 0 Å². The van der Waals surface area contributed by atoms with Crippen molar-refractivity contribution in [3.05, 3.63) is 70.5 Å². The van der Waals surface area contributed by atoms with Gasteiger partial charge in [0.25, 0.3) is 0 Å². The first kappa shape index (κ1) is 13.2. The van der Waals surface area contributed by atoms with Crippen LogP contribution in [0.3, 0.4) is 0 Å². The number of ketones is 1. The summed E-state index contributed by atoms with van der Waals surface area (Å²) in [6, 6.07) is 3.66. The lowest BCUT2D eigenvalue weighted by atomic mass is 10.0. The Morgan fingerprint density at radius 1 is 0.789 bits per heavy atom. The molecule has 1 nitrogen and oxygen atoms in total. The van der Waals surface area contributed by atoms with Crippen molar-refractivity contribution in [2.24, 2.45) is 0 Å². The molecule has 0 radical (unpaired) electrons. The molecule has 0 N–H and O–H groups in total. The first-order valence-corrected chi connectivity index (χ1v) is 5.05. The van der Waals surface area contributed by atoms with Crippen molar-refractivity contribution >= 4 is 5.78 Å². The van der Waals surface area contributed by atoms with E-state index in [9.17, 15) is 26.7 Å². The molecule has 0 aliphatic carbocycles. The lowest BCUT2D eigenvalue weighted by molar-refractivity contribution is 0.103. The quantitative estimate of drug-likeness (QED) is 0.463. The fourth-order valence-electron chi connectivity index (χ4n) is 1.52. The molecule has 0 amide bonds. The Kier molecular flexibility index (Phi) is 3.33. The van der Waals surface area contributed by atoms with Gasteiger partial charge < -0.3 is 0 Å². The molecule has 0 heterocycles. The van der Waals surface area contributed by atoms with Crippen molar-refractivity contribution in [3.63, 3.8) is 0 Å². The Morgan fingerprint density at radius 2 is 1.37 bits per heavy atom. The van der Waals surface area contributed by atoms with Gasteiger partial charge in [0, 0.05) is 5.56 Å². The van der Waals surface area contributed by atoms with E-state index in [0.717, 1.165) is 18.2 Å². The third kappa shape index (κ3) is 2.33. The Morgan fingerprint density at radius 3 is 1.95 bits per heavy atom. The minimum atomic E-state index is -1.74. The Bertz CT molecular complexity index is 643. The van der Waals surface area contributed by atoms with Crippen LogP contribution < -0.4 is 0 Å². The highest BCUT2D eigenvalue weighted by Gasteiger charge is 2.20. The molecule has 0 unspecified atom stereocenters. The number of rotatable bonds is 2. The summed E-state index contributed by atoms with van der Waals surface area (Å²) in [6.45, 7) is 0. The summed E-state index contributed by atoms with van der Waals surface area (Å²) < 4.78 is 64.9. The van der Waals surface area contributed by atoms with E-state index >= 15 is 0 Å². The van der Waals surface area contributed by atoms with E-state index in [1.807, 2.05) is 0 Å². The zero-order chi connectivity index (χ0) is 14.2. The van der Waals surface area contributed by atoms with Crippen LogP contribution >= 0.6 is 0 Å². The summed E-state index contributed by atoms with van der Waals surface area (Å²) in [4.78, 5) is 11.8. The molecule has 19 heavy (non-hydrogen) atoms. The normalized spacial score (nSPS) is 10.6. The first-order valence-electron chi connectivity index (χ1n) is 5.05. The Balaban J connectivity index is 2.53. The summed E-state index contributed by atoms with van der Waals surface area (Å²) >= 11 is 0. The van der Waals surface area contributed by atoms with Crippen molar-refractivity contribution in [1.82, 2.24) is 0 Å². The van der Waals surface area contributed by atoms with Crippen LogP contribution in [-0.2, 0) is 0 Å². The fraction of sp³-hybridized carbons (Fsp3) is 0. The van der Waals surface area contributed by atoms with Gasteiger partial charge in [0.05, 0.1) is 5.56 Å². The van der Waals surface area contributed by atoms with Gasteiger partial charge in [-0.15, -0.1) is 0 Å². The monoisotopic (exact) mass is 272 g/mol. The zero-order valence-corrected chi connectivity index (χ0v) is 9.18. The number of hydrogen-bond acceptors (Lipinski definition) is 1. The highest BCUT2D eigenvalue weighted by atomic mass is 19.2. The molecular weight excluding hydrogens is 267 g/mol. The molecule has 0 bridgehead atoms. The molecule has 2 aromatic rings. The van der Waals surface area contributed by atoms with Crippen molar-refractivity contribution in [2.75, 3.05) is 0 Å². The topological polar surface area (TPSA) is 17.1 Å². The molecular formula is C13H5F5O. The van der Waals surface area contributed by atoms with Crippen LogP contribution in [0.15, 0.2) is 30.3 Å². The summed E-state index contributed by atoms with van der Waals surface area (Å²) in [5.41, 5.74) is -1.30. The summed E-state index contributed by atoms with van der Waals surface area (Å²) in [5, 5.41) is 0. The minimum absolute atomic E-state index is 0.422.